The van der Waals surface area contributed by atoms with Crippen LogP contribution in [0.1, 0.15) is 42.2 Å². The summed E-state index contributed by atoms with van der Waals surface area (Å²) in [5.41, 5.74) is 1.16. The molecule has 19 nitrogen and oxygen atoms in total. The van der Waals surface area contributed by atoms with E-state index in [2.05, 4.69) is 0 Å². The zero-order chi connectivity index (χ0) is 55.1. The lowest BCUT2D eigenvalue weighted by atomic mass is 10.1. The van der Waals surface area contributed by atoms with Gasteiger partial charge in [-0.15, -0.1) is 0 Å². The molecule has 0 saturated heterocycles. The van der Waals surface area contributed by atoms with Gasteiger partial charge in [0, 0.05) is 16.1 Å². The summed E-state index contributed by atoms with van der Waals surface area (Å²) >= 11 is 22.4. The lowest BCUT2D eigenvalue weighted by Gasteiger charge is -2.08. The fraction of sp³-hybridized carbons (Fsp3) is 0.143. The molecular formula is C49H40Cl4F2O19. The Labute approximate surface area is 438 Å². The van der Waals surface area contributed by atoms with Crippen LogP contribution in [0, 0.1) is 11.6 Å². The Morgan fingerprint density at radius 3 is 1.47 bits per heavy atom. The zero-order valence-electron chi connectivity index (χ0n) is 38.2. The third-order valence-electron chi connectivity index (χ3n) is 8.78. The van der Waals surface area contributed by atoms with Gasteiger partial charge in [-0.3, -0.25) is 9.59 Å². The Balaban J connectivity index is 0.000000235. The number of aliphatic carboxylic acids is 3. The van der Waals surface area contributed by atoms with Gasteiger partial charge in [0.05, 0.1) is 53.8 Å². The predicted octanol–water partition coefficient (Wildman–Crippen LogP) is 10.3. The highest BCUT2D eigenvalue weighted by atomic mass is 35.5. The molecule has 0 saturated carbocycles. The summed E-state index contributed by atoms with van der Waals surface area (Å²) in [6.45, 7) is -0.0361. The van der Waals surface area contributed by atoms with Gasteiger partial charge in [0.1, 0.15) is 17.4 Å². The minimum Gasteiger partial charge on any atom is -0.493 e. The number of carbonyl (C=O) groups is 6. The van der Waals surface area contributed by atoms with E-state index < -0.39 is 59.6 Å². The quantitative estimate of drug-likeness (QED) is 0.0664. The summed E-state index contributed by atoms with van der Waals surface area (Å²) in [6.07, 6.45) is -0.00298. The molecule has 2 aliphatic heterocycles. The number of rotatable bonds is 12. The van der Waals surface area contributed by atoms with Crippen molar-refractivity contribution in [1.82, 2.24) is 0 Å². The number of ether oxygens (including phenoxy) is 7. The van der Waals surface area contributed by atoms with Crippen molar-refractivity contribution in [3.63, 3.8) is 0 Å². The van der Waals surface area contributed by atoms with Crippen LogP contribution in [0.25, 0.3) is 0 Å². The van der Waals surface area contributed by atoms with E-state index in [-0.39, 0.29) is 42.6 Å². The molecule has 6 N–H and O–H groups in total. The number of halogens is 6. The van der Waals surface area contributed by atoms with E-state index >= 15 is 0 Å². The Hall–Kier alpha value is -8.24. The van der Waals surface area contributed by atoms with E-state index in [9.17, 15) is 37.5 Å². The van der Waals surface area contributed by atoms with Gasteiger partial charge in [0.2, 0.25) is 13.6 Å². The van der Waals surface area contributed by atoms with Gasteiger partial charge in [0.15, 0.2) is 41.1 Å². The Morgan fingerprint density at radius 2 is 0.973 bits per heavy atom. The van der Waals surface area contributed by atoms with Crippen LogP contribution in [-0.2, 0) is 27.2 Å². The average molecular weight is 1110 g/mol. The van der Waals surface area contributed by atoms with E-state index in [0.29, 0.717) is 66.9 Å². The minimum atomic E-state index is -1.40. The zero-order valence-corrected chi connectivity index (χ0v) is 41.2. The van der Waals surface area contributed by atoms with E-state index in [1.165, 1.54) is 56.7 Å². The lowest BCUT2D eigenvalue weighted by molar-refractivity contribution is -0.139. The standard InChI is InChI=1S/C10H12O4.C9H8O4.C8H6Cl2O3.C8H6O4.C7H4Cl2O2.C7H4F2O2/c1-13-8-4-3-7(6-10(11)12)5-9(8)14-2;10-9(11)4-6-1-2-7-8(3-6)13-5-12-7;9-5-1-2-7(6(10)3-5)13-4-8(11)12;9-8(10)5-1-2-6-7(3-5)12-4-11-6;2*8-4-1-2-5(7(10)11)6(9)3-4/h3-5H,6H2,1-2H3,(H,11,12);1-3H,4-5H2,(H,10,11);1-3H,4H2,(H,11,12);1-3H,4H2,(H,9,10);2*1-3H,(H,10,11). The molecule has 392 valence electrons. The Morgan fingerprint density at radius 1 is 0.486 bits per heavy atom. The highest BCUT2D eigenvalue weighted by Crippen LogP contribution is 2.34. The van der Waals surface area contributed by atoms with Gasteiger partial charge in [-0.25, -0.2) is 28.0 Å². The van der Waals surface area contributed by atoms with Gasteiger partial charge < -0.3 is 63.8 Å². The third kappa shape index (κ3) is 20.5. The predicted molar refractivity (Wildman–Crippen MR) is 261 cm³/mol. The fourth-order valence-electron chi connectivity index (χ4n) is 5.48. The van der Waals surface area contributed by atoms with Gasteiger partial charge >= 0.3 is 35.8 Å². The first-order valence-electron chi connectivity index (χ1n) is 20.3. The van der Waals surface area contributed by atoms with Crippen molar-refractivity contribution in [1.29, 1.82) is 0 Å². The SMILES string of the molecule is COc1ccc(CC(=O)O)cc1OC.O=C(O)COc1ccc(Cl)cc1Cl.O=C(O)Cc1ccc2c(c1)OCO2.O=C(O)c1ccc(Cl)cc1Cl.O=C(O)c1ccc(F)cc1F.O=C(O)c1ccc2c(c1)OCO2. The molecule has 0 aromatic heterocycles. The van der Waals surface area contributed by atoms with Gasteiger partial charge in [-0.1, -0.05) is 58.5 Å². The first-order chi connectivity index (χ1) is 35.0. The maximum atomic E-state index is 12.5. The molecule has 74 heavy (non-hydrogen) atoms. The second kappa shape index (κ2) is 29.9. The number of fused-ring (bicyclic) bond motifs is 2. The number of hydrogen-bond donors (Lipinski definition) is 6. The summed E-state index contributed by atoms with van der Waals surface area (Å²) in [6, 6.07) is 25.8. The highest BCUT2D eigenvalue weighted by Gasteiger charge is 2.16. The van der Waals surface area contributed by atoms with Crippen molar-refractivity contribution in [2.24, 2.45) is 0 Å². The van der Waals surface area contributed by atoms with Crippen LogP contribution in [0.2, 0.25) is 20.1 Å². The van der Waals surface area contributed by atoms with Crippen molar-refractivity contribution in [3.8, 4) is 40.2 Å². The van der Waals surface area contributed by atoms with Crippen LogP contribution in [0.5, 0.6) is 40.2 Å². The van der Waals surface area contributed by atoms with Crippen molar-refractivity contribution >= 4 is 82.2 Å². The van der Waals surface area contributed by atoms with Gasteiger partial charge in [-0.2, -0.15) is 0 Å². The van der Waals surface area contributed by atoms with E-state index in [1.807, 2.05) is 0 Å². The molecule has 0 unspecified atom stereocenters. The molecule has 0 fully saturated rings. The summed E-state index contributed by atoms with van der Waals surface area (Å²) in [4.78, 5) is 62.1. The second-order valence-corrected chi connectivity index (χ2v) is 15.7. The van der Waals surface area contributed by atoms with Crippen LogP contribution in [0.4, 0.5) is 8.78 Å². The van der Waals surface area contributed by atoms with Crippen LogP contribution in [0.3, 0.4) is 0 Å². The minimum absolute atomic E-state index is 0.0106. The summed E-state index contributed by atoms with van der Waals surface area (Å²) in [5, 5.41) is 52.3. The normalized spacial score (nSPS) is 10.8. The highest BCUT2D eigenvalue weighted by molar-refractivity contribution is 6.36. The molecule has 6 aromatic carbocycles. The number of aromatic carboxylic acids is 3. The van der Waals surface area contributed by atoms with Gasteiger partial charge in [-0.05, 0) is 102 Å². The molecule has 2 heterocycles. The number of methoxy groups -OCH3 is 2. The molecule has 8 rings (SSSR count). The summed E-state index contributed by atoms with van der Waals surface area (Å²) in [7, 11) is 3.05. The van der Waals surface area contributed by atoms with Crippen molar-refractivity contribution in [2.45, 2.75) is 12.8 Å². The number of hydrogen-bond acceptors (Lipinski definition) is 13. The van der Waals surface area contributed by atoms with Crippen LogP contribution >= 0.6 is 46.4 Å². The molecule has 0 radical (unpaired) electrons. The van der Waals surface area contributed by atoms with Crippen molar-refractivity contribution < 1.29 is 101 Å². The smallest absolute Gasteiger partial charge is 0.341 e. The Bertz CT molecular complexity index is 2890. The Kier molecular flexibility index (Phi) is 24.3. The van der Waals surface area contributed by atoms with E-state index in [4.69, 9.17) is 110 Å². The molecule has 0 amide bonds. The monoisotopic (exact) mass is 1110 g/mol. The topological polar surface area (TPSA) is 288 Å². The van der Waals surface area contributed by atoms with Gasteiger partial charge in [0.25, 0.3) is 0 Å². The number of carboxylic acids is 6. The summed E-state index contributed by atoms with van der Waals surface area (Å²) < 4.78 is 59.8. The maximum absolute atomic E-state index is 12.5. The largest absolute Gasteiger partial charge is 0.493 e. The van der Waals surface area contributed by atoms with Crippen molar-refractivity contribution in [3.05, 3.63) is 169 Å². The van der Waals surface area contributed by atoms with Crippen LogP contribution in [0.15, 0.2) is 109 Å². The third-order valence-corrected chi connectivity index (χ3v) is 9.86. The second-order valence-electron chi connectivity index (χ2n) is 14.0. The molecule has 0 atom stereocenters. The average Bonchev–Trinajstić information content (AvgIpc) is 4.01. The number of carboxylic acid groups (broad SMARTS) is 6. The van der Waals surface area contributed by atoms with E-state index in [1.54, 1.807) is 48.5 Å². The summed E-state index contributed by atoms with van der Waals surface area (Å²) in [5.74, 6) is -4.17. The molecular weight excluding hydrogens is 1070 g/mol. The van der Waals surface area contributed by atoms with Crippen LogP contribution < -0.4 is 33.2 Å². The number of benzene rings is 6. The molecule has 0 spiro atoms. The van der Waals surface area contributed by atoms with Crippen LogP contribution in [-0.4, -0.2) is 101 Å². The van der Waals surface area contributed by atoms with E-state index in [0.717, 1.165) is 17.7 Å². The lowest BCUT2D eigenvalue weighted by Crippen LogP contribution is -2.09. The molecule has 2 aliphatic rings. The molecule has 0 bridgehead atoms. The van der Waals surface area contributed by atoms with Crippen molar-refractivity contribution in [2.75, 3.05) is 34.4 Å². The first kappa shape index (κ1) is 60.1. The maximum Gasteiger partial charge on any atom is 0.341 e. The fourth-order valence-corrected chi connectivity index (χ4v) is 6.43. The first-order valence-corrected chi connectivity index (χ1v) is 21.8. The molecule has 0 aliphatic carbocycles. The molecule has 25 heteroatoms. The molecule has 6 aromatic rings.